The number of nitrogens with zero attached hydrogens (tertiary/aromatic N) is 9. The van der Waals surface area contributed by atoms with Crippen molar-refractivity contribution in [3.63, 3.8) is 0 Å². The molecule has 0 aliphatic carbocycles. The number of aromatic nitrogens is 8. The number of benzene rings is 9. The molecule has 15 rings (SSSR count). The number of aromatic carboxylic acids is 1. The number of urea groups is 2. The maximum atomic E-state index is 13.3. The summed E-state index contributed by atoms with van der Waals surface area (Å²) in [5.41, 5.74) is 8.28. The number of nitro groups is 2. The first kappa shape index (κ1) is 94.5. The molecule has 0 fully saturated rings. The summed E-state index contributed by atoms with van der Waals surface area (Å²) in [6, 6.07) is 45.7. The van der Waals surface area contributed by atoms with Crippen LogP contribution < -0.4 is 48.0 Å². The fraction of sp³-hybridized carbons (Fsp3) is 0.0641. The summed E-state index contributed by atoms with van der Waals surface area (Å²) in [5, 5.41) is 35.3. The summed E-state index contributed by atoms with van der Waals surface area (Å²) in [7, 11) is -8.07. The number of thiophene rings is 2. The first-order chi connectivity index (χ1) is 55.1. The van der Waals surface area contributed by atoms with Gasteiger partial charge in [0.05, 0.1) is 91.1 Å². The van der Waals surface area contributed by atoms with E-state index >= 15 is 0 Å². The molecule has 9 aromatic carbocycles. The molecule has 120 heavy (non-hydrogen) atoms. The molecule has 15 aromatic rings. The number of carboxylic acid groups (broad SMARTS) is 1. The van der Waals surface area contributed by atoms with E-state index in [-0.39, 0.29) is 115 Å². The number of aromatic amines is 1. The van der Waals surface area contributed by atoms with E-state index in [1.165, 1.54) is 154 Å². The number of carboxylic acids is 1. The second-order valence-corrected chi connectivity index (χ2v) is 30.6. The molecular formula is C78H66Cl2F5N15O16S4. The maximum absolute atomic E-state index is 13.3. The zero-order chi connectivity index (χ0) is 83.9. The Labute approximate surface area is 694 Å². The molecule has 4 amide bonds. The van der Waals surface area contributed by atoms with Crippen molar-refractivity contribution < 1.29 is 68.1 Å². The molecule has 0 aliphatic heterocycles. The maximum Gasteiger partial charge on any atom is 0.337 e. The fourth-order valence-corrected chi connectivity index (χ4v) is 14.8. The number of hydrogen-bond donors (Lipinski definition) is 7. The van der Waals surface area contributed by atoms with Crippen molar-refractivity contribution in [1.82, 2.24) is 48.1 Å². The van der Waals surface area contributed by atoms with Crippen molar-refractivity contribution in [2.75, 3.05) is 16.4 Å². The summed E-state index contributed by atoms with van der Waals surface area (Å²) >= 11 is 13.1. The summed E-state index contributed by atoms with van der Waals surface area (Å²) in [6.07, 6.45) is 5.24. The standard InChI is InChI=1S/C20H15ClN4O4S2.C19H12ClFN4O4S2.C14H8FN3O3.C8H5FN2O.C7H6FNO2.C6H4FNO2.4CH4/c1-12-2-7-15-16(10-12)22-11-25(19(15)26)14-5-3-13(4-6-14)23-20(27)24-31(28,29)18-9-8-17(21)30-18;20-16-7-8-17(30-16)31(28,29)24-19(27)23-12-2-4-13(5-3-12)25-10-22-15-9-11(21)1-6-14(15)18(25)26;15-9-1-6-12-13(7-9)16-8-17(14(12)19)10-2-4-11(5-3-10)18(20)21;9-5-1-2-6-7(3-5)10-4-11-8(6)12;8-4-1-2-5(7(10)11)6(9)3-4;7-5-1-3-6(4-2-5)8(9)10;;;;/h2-11H,1H3,(H2,23,24,27);1-10H,(H2,23,24,27);1-8H;1-4H,(H,10,11,12);1-3H,9H2,(H,10,11);1-4H;4*1H4. The lowest BCUT2D eigenvalue weighted by atomic mass is 10.2. The highest BCUT2D eigenvalue weighted by Crippen LogP contribution is 2.28. The molecule has 0 saturated carbocycles. The Bertz CT molecular complexity index is 6570. The minimum Gasteiger partial charge on any atom is -0.478 e. The highest BCUT2D eigenvalue weighted by Gasteiger charge is 2.22. The van der Waals surface area contributed by atoms with Gasteiger partial charge >= 0.3 is 18.0 Å². The number of carbonyl (C=O) groups excluding carboxylic acids is 2. The van der Waals surface area contributed by atoms with E-state index in [0.717, 1.165) is 70.7 Å². The van der Waals surface area contributed by atoms with Gasteiger partial charge in [-0.25, -0.2) is 82.6 Å². The summed E-state index contributed by atoms with van der Waals surface area (Å²) in [6.45, 7) is 1.93. The van der Waals surface area contributed by atoms with E-state index in [2.05, 4.69) is 35.6 Å². The largest absolute Gasteiger partial charge is 0.478 e. The van der Waals surface area contributed by atoms with E-state index in [9.17, 15) is 92.6 Å². The van der Waals surface area contributed by atoms with Gasteiger partial charge in [0.15, 0.2) is 0 Å². The van der Waals surface area contributed by atoms with Crippen LogP contribution in [0.1, 0.15) is 45.6 Å². The van der Waals surface area contributed by atoms with Gasteiger partial charge in [0, 0.05) is 59.5 Å². The zero-order valence-corrected chi connectivity index (χ0v) is 63.2. The Morgan fingerprint density at radius 1 is 0.458 bits per heavy atom. The lowest BCUT2D eigenvalue weighted by molar-refractivity contribution is -0.385. The number of rotatable bonds is 12. The van der Waals surface area contributed by atoms with Crippen molar-refractivity contribution in [2.45, 2.75) is 45.0 Å². The Hall–Kier alpha value is -14.3. The number of nitrogen functional groups attached to an aromatic ring is 1. The molecule has 622 valence electrons. The number of nitrogens with one attached hydrogen (secondary N) is 5. The van der Waals surface area contributed by atoms with Crippen LogP contribution in [0.3, 0.4) is 0 Å². The molecule has 0 atom stereocenters. The molecule has 0 radical (unpaired) electrons. The third-order valence-corrected chi connectivity index (χ3v) is 21.6. The summed E-state index contributed by atoms with van der Waals surface area (Å²) < 4.78 is 120. The number of fused-ring (bicyclic) bond motifs is 4. The molecular weight excluding hydrogens is 1700 g/mol. The first-order valence-corrected chi connectivity index (χ1v) is 37.7. The van der Waals surface area contributed by atoms with Crippen molar-refractivity contribution >= 4 is 156 Å². The van der Waals surface area contributed by atoms with Crippen molar-refractivity contribution in [1.29, 1.82) is 0 Å². The van der Waals surface area contributed by atoms with Crippen molar-refractivity contribution in [3.05, 3.63) is 348 Å². The normalized spacial score (nSPS) is 10.5. The van der Waals surface area contributed by atoms with Gasteiger partial charge in [0.2, 0.25) is 0 Å². The predicted octanol–water partition coefficient (Wildman–Crippen LogP) is 16.5. The molecule has 8 N–H and O–H groups in total. The lowest BCUT2D eigenvalue weighted by Gasteiger charge is -2.10. The highest BCUT2D eigenvalue weighted by atomic mass is 35.5. The molecule has 0 spiro atoms. The first-order valence-electron chi connectivity index (χ1n) is 32.4. The zero-order valence-electron chi connectivity index (χ0n) is 58.5. The van der Waals surface area contributed by atoms with Crippen LogP contribution in [0.5, 0.6) is 0 Å². The topological polar surface area (TPSA) is 451 Å². The molecule has 0 unspecified atom stereocenters. The number of aryl methyl sites for hydroxylation is 1. The molecule has 0 saturated heterocycles. The van der Waals surface area contributed by atoms with Crippen LogP contribution in [0.2, 0.25) is 8.67 Å². The van der Waals surface area contributed by atoms with Gasteiger partial charge in [0.1, 0.15) is 56.5 Å². The number of sulfonamides is 2. The smallest absolute Gasteiger partial charge is 0.337 e. The SMILES string of the molecule is C.C.C.C.Cc1ccc2c(=O)n(-c3ccc(NC(=O)NS(=O)(=O)c4ccc(Cl)s4)cc3)cnc2c1.Nc1cc(F)ccc1C(=O)O.O=C(Nc1ccc(-n2cnc3cc(F)ccc3c2=O)cc1)NS(=O)(=O)c1ccc(Cl)s1.O=[N+]([O-])c1ccc(F)cc1.O=c1[nH]cnc2cc(F)ccc12.O=c1c2ccc(F)cc2ncn1-c1ccc([N+](=O)[O-])cc1. The number of halogens is 7. The Morgan fingerprint density at radius 2 is 0.792 bits per heavy atom. The number of H-pyrrole nitrogens is 1. The number of anilines is 3. The van der Waals surface area contributed by atoms with Gasteiger partial charge in [-0.1, -0.05) is 59.0 Å². The quantitative estimate of drug-likeness (QED) is 0.0258. The van der Waals surface area contributed by atoms with Crippen LogP contribution in [-0.2, 0) is 20.0 Å². The third kappa shape index (κ3) is 24.4. The Morgan fingerprint density at radius 3 is 1.16 bits per heavy atom. The van der Waals surface area contributed by atoms with Gasteiger partial charge in [-0.3, -0.25) is 53.1 Å². The Kier molecular flexibility index (Phi) is 32.7. The van der Waals surface area contributed by atoms with Crippen LogP contribution in [0.25, 0.3) is 60.7 Å². The van der Waals surface area contributed by atoms with Crippen molar-refractivity contribution in [3.8, 4) is 17.1 Å². The van der Waals surface area contributed by atoms with E-state index < -0.39 is 71.2 Å². The number of amides is 4. The minimum atomic E-state index is -4.05. The van der Waals surface area contributed by atoms with Crippen LogP contribution in [-0.4, -0.2) is 88.4 Å². The number of nitro benzene ring substituents is 2. The second kappa shape index (κ2) is 41.5. The van der Waals surface area contributed by atoms with E-state index in [1.807, 2.05) is 28.5 Å². The summed E-state index contributed by atoms with van der Waals surface area (Å²) in [4.78, 5) is 121. The fourth-order valence-electron chi connectivity index (χ4n) is 9.99. The van der Waals surface area contributed by atoms with Crippen LogP contribution in [0.15, 0.2) is 265 Å². The van der Waals surface area contributed by atoms with Gasteiger partial charge in [-0.15, -0.1) is 22.7 Å². The van der Waals surface area contributed by atoms with Gasteiger partial charge in [0.25, 0.3) is 53.7 Å². The molecule has 42 heteroatoms. The average molecular weight is 1760 g/mol. The van der Waals surface area contributed by atoms with Crippen molar-refractivity contribution in [2.24, 2.45) is 0 Å². The van der Waals surface area contributed by atoms with Crippen LogP contribution in [0.4, 0.5) is 60.0 Å². The third-order valence-electron chi connectivity index (χ3n) is 15.5. The number of hydrogen-bond acceptors (Lipinski definition) is 22. The minimum absolute atomic E-state index is 0. The van der Waals surface area contributed by atoms with Gasteiger partial charge in [-0.05, 0) is 176 Å². The number of nitrogens with two attached hydrogens (primary N) is 1. The van der Waals surface area contributed by atoms with E-state index in [1.54, 1.807) is 42.5 Å². The van der Waals surface area contributed by atoms with Crippen LogP contribution >= 0.6 is 45.9 Å². The molecule has 0 bridgehead atoms. The number of carbonyl (C=O) groups is 3. The highest BCUT2D eigenvalue weighted by molar-refractivity contribution is 7.92. The van der Waals surface area contributed by atoms with E-state index in [0.29, 0.717) is 54.6 Å². The molecule has 0 aliphatic rings. The Balaban J connectivity index is 0.000000234. The van der Waals surface area contributed by atoms with Gasteiger partial charge < -0.3 is 26.5 Å². The lowest BCUT2D eigenvalue weighted by Crippen LogP contribution is -2.33. The molecule has 31 nitrogen and oxygen atoms in total. The molecule has 6 heterocycles. The monoisotopic (exact) mass is 1760 g/mol. The molecule has 6 aromatic heterocycles. The van der Waals surface area contributed by atoms with Gasteiger partial charge in [-0.2, -0.15) is 0 Å². The average Bonchev–Trinajstić information content (AvgIpc) is 1.08. The number of non-ortho nitro benzene ring substituents is 2. The second-order valence-electron chi connectivity index (χ2n) is 23.4. The van der Waals surface area contributed by atoms with E-state index in [4.69, 9.17) is 34.0 Å². The van der Waals surface area contributed by atoms with Crippen LogP contribution in [0, 0.1) is 56.2 Å². The summed E-state index contributed by atoms with van der Waals surface area (Å²) in [5.74, 6) is -3.50. The predicted molar refractivity (Wildman–Crippen MR) is 451 cm³/mol.